The van der Waals surface area contributed by atoms with Gasteiger partial charge in [-0.3, -0.25) is 4.99 Å². The van der Waals surface area contributed by atoms with E-state index < -0.39 is 17.6 Å². The number of alkyl halides is 3. The number of halogens is 4. The van der Waals surface area contributed by atoms with E-state index in [1.807, 2.05) is 18.4 Å². The van der Waals surface area contributed by atoms with Crippen LogP contribution in [0.5, 0.6) is 5.88 Å². The molecule has 2 aromatic heterocycles. The molecule has 8 nitrogen and oxygen atoms in total. The Kier molecular flexibility index (Phi) is 10.7. The van der Waals surface area contributed by atoms with Crippen molar-refractivity contribution in [1.82, 2.24) is 30.4 Å². The van der Waals surface area contributed by atoms with Gasteiger partial charge in [-0.05, 0) is 19.1 Å². The number of rotatable bonds is 9. The first-order valence-corrected chi connectivity index (χ1v) is 8.99. The van der Waals surface area contributed by atoms with Gasteiger partial charge < -0.3 is 19.9 Å². The summed E-state index contributed by atoms with van der Waals surface area (Å²) >= 11 is 0. The lowest BCUT2D eigenvalue weighted by molar-refractivity contribution is -0.139. The van der Waals surface area contributed by atoms with Crippen LogP contribution >= 0.6 is 24.0 Å². The van der Waals surface area contributed by atoms with Gasteiger partial charge in [0.15, 0.2) is 5.96 Å². The Hall–Kier alpha value is -2.12. The standard InChI is InChI=1S/C17H24F3N7O.HI/c1-3-14-26-25-12-27(14)10-8-23-16(21-4-2)24-9-11-28-15-13(17(18,19)20)6-5-7-22-15;/h5-7,12H,3-4,8-11H2,1-2H3,(H2,21,23,24);1H. The van der Waals surface area contributed by atoms with Crippen LogP contribution in [-0.4, -0.2) is 51.9 Å². The van der Waals surface area contributed by atoms with Crippen molar-refractivity contribution in [3.63, 3.8) is 0 Å². The minimum atomic E-state index is -4.51. The van der Waals surface area contributed by atoms with Crippen molar-refractivity contribution in [2.24, 2.45) is 4.99 Å². The number of nitrogens with one attached hydrogen (secondary N) is 2. The number of nitrogens with zero attached hydrogens (tertiary/aromatic N) is 5. The minimum absolute atomic E-state index is 0. The summed E-state index contributed by atoms with van der Waals surface area (Å²) in [4.78, 5) is 8.09. The fourth-order valence-electron chi connectivity index (χ4n) is 2.39. The van der Waals surface area contributed by atoms with Gasteiger partial charge in [0, 0.05) is 25.7 Å². The highest BCUT2D eigenvalue weighted by molar-refractivity contribution is 14.0. The summed E-state index contributed by atoms with van der Waals surface area (Å²) in [6.45, 7) is 5.99. The van der Waals surface area contributed by atoms with Crippen LogP contribution in [0.2, 0.25) is 0 Å². The van der Waals surface area contributed by atoms with Crippen molar-refractivity contribution in [3.05, 3.63) is 36.0 Å². The lowest BCUT2D eigenvalue weighted by atomic mass is 10.2. The van der Waals surface area contributed by atoms with Crippen LogP contribution in [0.15, 0.2) is 29.6 Å². The van der Waals surface area contributed by atoms with Crippen molar-refractivity contribution < 1.29 is 17.9 Å². The third kappa shape index (κ3) is 8.03. The van der Waals surface area contributed by atoms with E-state index in [0.29, 0.717) is 25.6 Å². The lowest BCUT2D eigenvalue weighted by Crippen LogP contribution is -2.39. The lowest BCUT2D eigenvalue weighted by Gasteiger charge is -2.14. The molecule has 0 atom stereocenters. The number of pyridine rings is 1. The van der Waals surface area contributed by atoms with Crippen molar-refractivity contribution in [2.75, 3.05) is 26.2 Å². The van der Waals surface area contributed by atoms with E-state index in [4.69, 9.17) is 4.74 Å². The molecule has 0 bridgehead atoms. The first-order valence-electron chi connectivity index (χ1n) is 8.99. The molecule has 2 aromatic rings. The Bertz CT molecular complexity index is 767. The molecule has 2 rings (SSSR count). The zero-order valence-electron chi connectivity index (χ0n) is 16.2. The summed E-state index contributed by atoms with van der Waals surface area (Å²) < 4.78 is 45.9. The second-order valence-electron chi connectivity index (χ2n) is 5.68. The van der Waals surface area contributed by atoms with Gasteiger partial charge in [0.2, 0.25) is 5.88 Å². The van der Waals surface area contributed by atoms with Crippen LogP contribution < -0.4 is 15.4 Å². The van der Waals surface area contributed by atoms with Crippen LogP contribution in [-0.2, 0) is 19.1 Å². The van der Waals surface area contributed by atoms with E-state index in [2.05, 4.69) is 30.8 Å². The molecule has 0 radical (unpaired) electrons. The number of hydrogen-bond donors (Lipinski definition) is 2. The number of ether oxygens (including phenoxy) is 1. The third-order valence-corrected chi connectivity index (χ3v) is 3.68. The van der Waals surface area contributed by atoms with Gasteiger partial charge in [0.1, 0.15) is 24.3 Å². The molecule has 2 N–H and O–H groups in total. The van der Waals surface area contributed by atoms with Crippen LogP contribution in [0, 0.1) is 0 Å². The van der Waals surface area contributed by atoms with E-state index >= 15 is 0 Å². The van der Waals surface area contributed by atoms with Crippen LogP contribution in [0.25, 0.3) is 0 Å². The SMILES string of the molecule is CCNC(=NCCn1cnnc1CC)NCCOc1ncccc1C(F)(F)F.I. The first kappa shape index (κ1) is 24.9. The number of guanidine groups is 1. The maximum Gasteiger partial charge on any atom is 0.421 e. The Balaban J connectivity index is 0.00000420. The zero-order valence-corrected chi connectivity index (χ0v) is 18.6. The zero-order chi connectivity index (χ0) is 20.4. The van der Waals surface area contributed by atoms with Crippen molar-refractivity contribution >= 4 is 29.9 Å². The molecule has 0 amide bonds. The molecule has 0 aliphatic carbocycles. The topological polar surface area (TPSA) is 89.2 Å². The smallest absolute Gasteiger partial charge is 0.421 e. The molecule has 2 heterocycles. The Morgan fingerprint density at radius 3 is 2.76 bits per heavy atom. The summed E-state index contributed by atoms with van der Waals surface area (Å²) in [6, 6.07) is 2.17. The molecule has 0 unspecified atom stereocenters. The normalized spacial score (nSPS) is 11.7. The molecule has 29 heavy (non-hydrogen) atoms. The fourth-order valence-corrected chi connectivity index (χ4v) is 2.39. The van der Waals surface area contributed by atoms with E-state index in [1.165, 1.54) is 12.3 Å². The average Bonchev–Trinajstić information content (AvgIpc) is 3.12. The Labute approximate surface area is 184 Å². The van der Waals surface area contributed by atoms with Gasteiger partial charge in [0.25, 0.3) is 0 Å². The largest absolute Gasteiger partial charge is 0.475 e. The molecule has 0 saturated carbocycles. The first-order chi connectivity index (χ1) is 13.5. The molecule has 0 aliphatic rings. The van der Waals surface area contributed by atoms with Crippen molar-refractivity contribution in [2.45, 2.75) is 33.0 Å². The number of aliphatic imine (C=N–C) groups is 1. The maximum atomic E-state index is 12.9. The number of aryl methyl sites for hydroxylation is 1. The van der Waals surface area contributed by atoms with Gasteiger partial charge in [-0.1, -0.05) is 6.92 Å². The second-order valence-corrected chi connectivity index (χ2v) is 5.68. The van der Waals surface area contributed by atoms with Gasteiger partial charge >= 0.3 is 6.18 Å². The summed E-state index contributed by atoms with van der Waals surface area (Å²) in [5.74, 6) is 1.00. The van der Waals surface area contributed by atoms with Crippen LogP contribution in [0.1, 0.15) is 25.2 Å². The molecule has 0 saturated heterocycles. The third-order valence-electron chi connectivity index (χ3n) is 3.68. The molecule has 0 spiro atoms. The molecule has 0 aromatic carbocycles. The predicted molar refractivity (Wildman–Crippen MR) is 114 cm³/mol. The fraction of sp³-hybridized carbons (Fsp3) is 0.529. The van der Waals surface area contributed by atoms with Gasteiger partial charge in [-0.15, -0.1) is 34.2 Å². The Morgan fingerprint density at radius 2 is 2.07 bits per heavy atom. The highest BCUT2D eigenvalue weighted by atomic mass is 127. The molecule has 162 valence electrons. The minimum Gasteiger partial charge on any atom is -0.475 e. The Morgan fingerprint density at radius 1 is 1.28 bits per heavy atom. The van der Waals surface area contributed by atoms with E-state index in [0.717, 1.165) is 18.3 Å². The summed E-state index contributed by atoms with van der Waals surface area (Å²) in [5.41, 5.74) is -0.892. The average molecular weight is 527 g/mol. The predicted octanol–water partition coefficient (Wildman–Crippen LogP) is 2.51. The molecular weight excluding hydrogens is 502 g/mol. The molecule has 0 fully saturated rings. The van der Waals surface area contributed by atoms with Crippen LogP contribution in [0.4, 0.5) is 13.2 Å². The monoisotopic (exact) mass is 527 g/mol. The summed E-state index contributed by atoms with van der Waals surface area (Å²) in [5, 5.41) is 14.0. The quantitative estimate of drug-likeness (QED) is 0.226. The molecular formula is C17H25F3IN7O. The van der Waals surface area contributed by atoms with Crippen molar-refractivity contribution in [3.8, 4) is 5.88 Å². The van der Waals surface area contributed by atoms with Gasteiger partial charge in [-0.25, -0.2) is 4.98 Å². The van der Waals surface area contributed by atoms with E-state index in [9.17, 15) is 13.2 Å². The maximum absolute atomic E-state index is 12.9. The van der Waals surface area contributed by atoms with Gasteiger partial charge in [-0.2, -0.15) is 13.2 Å². The highest BCUT2D eigenvalue weighted by Crippen LogP contribution is 2.34. The summed E-state index contributed by atoms with van der Waals surface area (Å²) in [7, 11) is 0. The van der Waals surface area contributed by atoms with Gasteiger partial charge in [0.05, 0.1) is 13.1 Å². The van der Waals surface area contributed by atoms with E-state index in [1.54, 1.807) is 6.33 Å². The highest BCUT2D eigenvalue weighted by Gasteiger charge is 2.34. The van der Waals surface area contributed by atoms with E-state index in [-0.39, 0.29) is 37.1 Å². The molecule has 0 aliphatic heterocycles. The summed E-state index contributed by atoms with van der Waals surface area (Å²) in [6.07, 6.45) is -0.799. The number of aromatic nitrogens is 4. The number of hydrogen-bond acceptors (Lipinski definition) is 5. The van der Waals surface area contributed by atoms with Crippen LogP contribution in [0.3, 0.4) is 0 Å². The molecule has 12 heteroatoms. The van der Waals surface area contributed by atoms with Crippen molar-refractivity contribution in [1.29, 1.82) is 0 Å². The second kappa shape index (κ2) is 12.4.